The van der Waals surface area contributed by atoms with Crippen molar-refractivity contribution in [3.8, 4) is 22.3 Å². The van der Waals surface area contributed by atoms with Crippen LogP contribution < -0.4 is 0 Å². The SMILES string of the molecule is CC(=Nc1c(C)cc(C)cc1C)c1cccc(C(C)=Nc2c(-c3ccccc3)cccc2-c2ccccc2)n1. The molecule has 0 fully saturated rings. The van der Waals surface area contributed by atoms with Crippen LogP contribution in [0.1, 0.15) is 41.9 Å². The minimum absolute atomic E-state index is 0.835. The van der Waals surface area contributed by atoms with E-state index < -0.39 is 0 Å². The van der Waals surface area contributed by atoms with Gasteiger partial charge in [0, 0.05) is 11.1 Å². The Labute approximate surface area is 231 Å². The average molecular weight is 508 g/mol. The van der Waals surface area contributed by atoms with Gasteiger partial charge in [0.2, 0.25) is 0 Å². The van der Waals surface area contributed by atoms with Crippen LogP contribution in [0.15, 0.2) is 119 Å². The Morgan fingerprint density at radius 2 is 0.949 bits per heavy atom. The summed E-state index contributed by atoms with van der Waals surface area (Å²) in [5, 5.41) is 0. The number of aromatic nitrogens is 1. The number of nitrogens with zero attached hydrogens (tertiary/aromatic N) is 3. The molecule has 0 bridgehead atoms. The van der Waals surface area contributed by atoms with Gasteiger partial charge in [-0.2, -0.15) is 0 Å². The molecule has 3 nitrogen and oxygen atoms in total. The van der Waals surface area contributed by atoms with Gasteiger partial charge >= 0.3 is 0 Å². The van der Waals surface area contributed by atoms with E-state index in [9.17, 15) is 0 Å². The fourth-order valence-electron chi connectivity index (χ4n) is 5.00. The summed E-state index contributed by atoms with van der Waals surface area (Å²) in [6, 6.07) is 37.7. The van der Waals surface area contributed by atoms with Crippen molar-refractivity contribution >= 4 is 22.8 Å². The number of aliphatic imine (C=N–C) groups is 2. The van der Waals surface area contributed by atoms with Gasteiger partial charge in [0.25, 0.3) is 0 Å². The summed E-state index contributed by atoms with van der Waals surface area (Å²) < 4.78 is 0. The van der Waals surface area contributed by atoms with E-state index in [0.29, 0.717) is 0 Å². The van der Waals surface area contributed by atoms with Crippen LogP contribution in [0.5, 0.6) is 0 Å². The molecule has 39 heavy (non-hydrogen) atoms. The monoisotopic (exact) mass is 507 g/mol. The predicted octanol–water partition coefficient (Wildman–Crippen LogP) is 9.62. The van der Waals surface area contributed by atoms with Crippen LogP contribution in [0.3, 0.4) is 0 Å². The first-order valence-electron chi connectivity index (χ1n) is 13.3. The minimum atomic E-state index is 0.835. The predicted molar refractivity (Wildman–Crippen MR) is 166 cm³/mol. The highest BCUT2D eigenvalue weighted by Gasteiger charge is 2.13. The second-order valence-electron chi connectivity index (χ2n) is 9.98. The molecule has 0 aliphatic heterocycles. The number of rotatable bonds is 6. The molecular weight excluding hydrogens is 474 g/mol. The van der Waals surface area contributed by atoms with E-state index in [2.05, 4.69) is 99.6 Å². The maximum atomic E-state index is 5.22. The van der Waals surface area contributed by atoms with Crippen molar-refractivity contribution in [1.82, 2.24) is 4.98 Å². The summed E-state index contributed by atoms with van der Waals surface area (Å²) >= 11 is 0. The summed E-state index contributed by atoms with van der Waals surface area (Å²) in [6.45, 7) is 10.4. The van der Waals surface area contributed by atoms with Crippen molar-refractivity contribution in [1.29, 1.82) is 0 Å². The largest absolute Gasteiger partial charge is 0.251 e. The van der Waals surface area contributed by atoms with Crippen LogP contribution in [0.2, 0.25) is 0 Å². The summed E-state index contributed by atoms with van der Waals surface area (Å²) in [6.07, 6.45) is 0. The molecule has 0 saturated heterocycles. The Balaban J connectivity index is 1.59. The second-order valence-corrected chi connectivity index (χ2v) is 9.98. The number of pyridine rings is 1. The van der Waals surface area contributed by atoms with Gasteiger partial charge in [-0.15, -0.1) is 0 Å². The lowest BCUT2D eigenvalue weighted by molar-refractivity contribution is 1.23. The standard InChI is InChI=1S/C36H33N3/c1-24-22-25(2)35(26(3)23-24)37-27(4)33-20-13-21-34(39-33)28(5)38-36-31(29-14-8-6-9-15-29)18-12-19-32(36)30-16-10-7-11-17-30/h6-23H,1-5H3. The highest BCUT2D eigenvalue weighted by molar-refractivity contribution is 6.04. The van der Waals surface area contributed by atoms with Crippen molar-refractivity contribution in [2.24, 2.45) is 9.98 Å². The van der Waals surface area contributed by atoms with Gasteiger partial charge in [-0.25, -0.2) is 4.98 Å². The van der Waals surface area contributed by atoms with Gasteiger partial charge in [0.15, 0.2) is 0 Å². The summed E-state index contributed by atoms with van der Waals surface area (Å²) in [5.74, 6) is 0. The third-order valence-corrected chi connectivity index (χ3v) is 6.89. The lowest BCUT2D eigenvalue weighted by Crippen LogP contribution is -2.05. The Kier molecular flexibility index (Phi) is 7.60. The maximum absolute atomic E-state index is 5.22. The molecule has 1 heterocycles. The quantitative estimate of drug-likeness (QED) is 0.211. The first-order chi connectivity index (χ1) is 18.9. The van der Waals surface area contributed by atoms with Crippen LogP contribution in [-0.2, 0) is 0 Å². The lowest BCUT2D eigenvalue weighted by atomic mass is 9.96. The summed E-state index contributed by atoms with van der Waals surface area (Å²) in [5.41, 5.74) is 13.4. The number of para-hydroxylation sites is 1. The van der Waals surface area contributed by atoms with Gasteiger partial charge in [0.1, 0.15) is 0 Å². The van der Waals surface area contributed by atoms with Crippen LogP contribution in [-0.4, -0.2) is 16.4 Å². The molecule has 3 heteroatoms. The second kappa shape index (κ2) is 11.4. The molecule has 5 aromatic rings. The molecule has 0 spiro atoms. The van der Waals surface area contributed by atoms with Gasteiger partial charge < -0.3 is 0 Å². The molecular formula is C36H33N3. The van der Waals surface area contributed by atoms with Gasteiger partial charge in [-0.1, -0.05) is 103 Å². The molecule has 0 radical (unpaired) electrons. The minimum Gasteiger partial charge on any atom is -0.251 e. The number of hydrogen-bond acceptors (Lipinski definition) is 3. The van der Waals surface area contributed by atoms with E-state index in [4.69, 9.17) is 15.0 Å². The highest BCUT2D eigenvalue weighted by atomic mass is 14.8. The molecule has 0 unspecified atom stereocenters. The van der Waals surface area contributed by atoms with Crippen LogP contribution in [0, 0.1) is 20.8 Å². The fourth-order valence-corrected chi connectivity index (χ4v) is 5.00. The third-order valence-electron chi connectivity index (χ3n) is 6.89. The van der Waals surface area contributed by atoms with E-state index in [1.807, 2.05) is 44.2 Å². The Bertz CT molecular complexity index is 1600. The molecule has 0 atom stereocenters. The third kappa shape index (κ3) is 5.78. The number of hydrogen-bond donors (Lipinski definition) is 0. The smallest absolute Gasteiger partial charge is 0.0849 e. The number of aryl methyl sites for hydroxylation is 3. The summed E-state index contributed by atoms with van der Waals surface area (Å²) in [4.78, 5) is 15.2. The van der Waals surface area contributed by atoms with Gasteiger partial charge in [0.05, 0.1) is 34.2 Å². The summed E-state index contributed by atoms with van der Waals surface area (Å²) in [7, 11) is 0. The first kappa shape index (κ1) is 26.0. The molecule has 4 aromatic carbocycles. The molecule has 5 rings (SSSR count). The van der Waals surface area contributed by atoms with E-state index in [1.54, 1.807) is 0 Å². The lowest BCUT2D eigenvalue weighted by Gasteiger charge is -2.14. The fraction of sp³-hybridized carbons (Fsp3) is 0.139. The topological polar surface area (TPSA) is 37.6 Å². The van der Waals surface area contributed by atoms with Gasteiger partial charge in [-0.3, -0.25) is 9.98 Å². The average Bonchev–Trinajstić information content (AvgIpc) is 2.96. The molecule has 0 aliphatic carbocycles. The Morgan fingerprint density at radius 3 is 1.44 bits per heavy atom. The van der Waals surface area contributed by atoms with E-state index >= 15 is 0 Å². The normalized spacial score (nSPS) is 12.0. The van der Waals surface area contributed by atoms with Crippen molar-refractivity contribution in [2.75, 3.05) is 0 Å². The number of benzene rings is 4. The molecule has 0 aliphatic rings. The molecule has 0 saturated carbocycles. The zero-order valence-electron chi connectivity index (χ0n) is 23.2. The zero-order valence-corrected chi connectivity index (χ0v) is 23.2. The Hall–Kier alpha value is -4.63. The van der Waals surface area contributed by atoms with Crippen LogP contribution in [0.4, 0.5) is 11.4 Å². The van der Waals surface area contributed by atoms with Gasteiger partial charge in [-0.05, 0) is 69.0 Å². The molecule has 1 aromatic heterocycles. The first-order valence-corrected chi connectivity index (χ1v) is 13.3. The molecule has 0 amide bonds. The van der Waals surface area contributed by atoms with Crippen molar-refractivity contribution in [2.45, 2.75) is 34.6 Å². The molecule has 192 valence electrons. The van der Waals surface area contributed by atoms with E-state index in [-0.39, 0.29) is 0 Å². The van der Waals surface area contributed by atoms with Crippen molar-refractivity contribution in [3.05, 3.63) is 137 Å². The van der Waals surface area contributed by atoms with E-state index in [0.717, 1.165) is 56.4 Å². The van der Waals surface area contributed by atoms with Crippen molar-refractivity contribution < 1.29 is 0 Å². The van der Waals surface area contributed by atoms with Crippen molar-refractivity contribution in [3.63, 3.8) is 0 Å². The Morgan fingerprint density at radius 1 is 0.513 bits per heavy atom. The zero-order chi connectivity index (χ0) is 27.4. The van der Waals surface area contributed by atoms with Crippen LogP contribution >= 0.6 is 0 Å². The highest BCUT2D eigenvalue weighted by Crippen LogP contribution is 2.39. The molecule has 0 N–H and O–H groups in total. The maximum Gasteiger partial charge on any atom is 0.0849 e. The van der Waals surface area contributed by atoms with Crippen LogP contribution in [0.25, 0.3) is 22.3 Å². The van der Waals surface area contributed by atoms with E-state index in [1.165, 1.54) is 16.7 Å².